The van der Waals surface area contributed by atoms with Crippen LogP contribution in [0, 0.1) is 0 Å². The van der Waals surface area contributed by atoms with E-state index >= 15 is 0 Å². The number of nitrogens with zero attached hydrogens (tertiary/aromatic N) is 2. The largest absolute Gasteiger partial charge is 0.497 e. The molecular formula is C13H12N2O. The lowest BCUT2D eigenvalue weighted by molar-refractivity contribution is 0.415. The van der Waals surface area contributed by atoms with Gasteiger partial charge in [0.05, 0.1) is 12.8 Å². The van der Waals surface area contributed by atoms with Gasteiger partial charge in [0, 0.05) is 24.2 Å². The van der Waals surface area contributed by atoms with Gasteiger partial charge in [0.25, 0.3) is 0 Å². The Balaban J connectivity index is 2.12. The van der Waals surface area contributed by atoms with Gasteiger partial charge in [-0.05, 0) is 30.3 Å². The molecule has 1 aromatic heterocycles. The fraction of sp³-hybridized carbons (Fsp3) is 0.0769. The second-order valence-corrected chi connectivity index (χ2v) is 3.24. The molecule has 0 saturated carbocycles. The molecule has 16 heavy (non-hydrogen) atoms. The van der Waals surface area contributed by atoms with Crippen LogP contribution in [0.2, 0.25) is 0 Å². The highest BCUT2D eigenvalue weighted by atomic mass is 16.5. The number of benzene rings is 1. The van der Waals surface area contributed by atoms with Crippen LogP contribution < -0.4 is 4.74 Å². The summed E-state index contributed by atoms with van der Waals surface area (Å²) in [5.41, 5.74) is 1.88. The standard InChI is InChI=1S/C13H12N2O/c1-16-13-6-4-12(5-7-13)15-10-11-3-2-8-14-9-11/h2-10H,1H3. The maximum absolute atomic E-state index is 5.07. The van der Waals surface area contributed by atoms with Crippen LogP contribution in [0.5, 0.6) is 5.75 Å². The molecule has 0 N–H and O–H groups in total. The highest BCUT2D eigenvalue weighted by molar-refractivity contribution is 5.81. The van der Waals surface area contributed by atoms with E-state index in [0.717, 1.165) is 17.0 Å². The summed E-state index contributed by atoms with van der Waals surface area (Å²) in [6, 6.07) is 11.4. The van der Waals surface area contributed by atoms with Gasteiger partial charge in [-0.15, -0.1) is 0 Å². The lowest BCUT2D eigenvalue weighted by atomic mass is 10.3. The third kappa shape index (κ3) is 2.67. The molecule has 0 aliphatic heterocycles. The highest BCUT2D eigenvalue weighted by Crippen LogP contribution is 2.17. The van der Waals surface area contributed by atoms with E-state index in [4.69, 9.17) is 4.74 Å². The maximum Gasteiger partial charge on any atom is 0.119 e. The molecule has 0 unspecified atom stereocenters. The zero-order chi connectivity index (χ0) is 11.2. The molecule has 0 bridgehead atoms. The molecule has 1 aromatic carbocycles. The van der Waals surface area contributed by atoms with Gasteiger partial charge in [-0.25, -0.2) is 0 Å². The average molecular weight is 212 g/mol. The number of aromatic nitrogens is 1. The van der Waals surface area contributed by atoms with Crippen molar-refractivity contribution in [3.8, 4) is 5.75 Å². The van der Waals surface area contributed by atoms with Gasteiger partial charge in [0.2, 0.25) is 0 Å². The molecule has 0 saturated heterocycles. The summed E-state index contributed by atoms with van der Waals surface area (Å²) in [7, 11) is 1.65. The van der Waals surface area contributed by atoms with E-state index in [0.29, 0.717) is 0 Å². The molecule has 80 valence electrons. The van der Waals surface area contributed by atoms with Gasteiger partial charge in [-0.2, -0.15) is 0 Å². The maximum atomic E-state index is 5.07. The third-order valence-electron chi connectivity index (χ3n) is 2.12. The summed E-state index contributed by atoms with van der Waals surface area (Å²) in [5.74, 6) is 0.834. The average Bonchev–Trinajstić information content (AvgIpc) is 2.38. The van der Waals surface area contributed by atoms with Crippen molar-refractivity contribution in [3.63, 3.8) is 0 Å². The minimum Gasteiger partial charge on any atom is -0.497 e. The van der Waals surface area contributed by atoms with Crippen molar-refractivity contribution < 1.29 is 4.74 Å². The Morgan fingerprint density at radius 2 is 2.00 bits per heavy atom. The minimum atomic E-state index is 0.834. The molecule has 1 heterocycles. The number of hydrogen-bond donors (Lipinski definition) is 0. The Bertz CT molecular complexity index is 463. The van der Waals surface area contributed by atoms with E-state index in [2.05, 4.69) is 9.98 Å². The van der Waals surface area contributed by atoms with E-state index in [1.807, 2.05) is 36.4 Å². The highest BCUT2D eigenvalue weighted by Gasteiger charge is 1.91. The van der Waals surface area contributed by atoms with E-state index in [-0.39, 0.29) is 0 Å². The first-order valence-electron chi connectivity index (χ1n) is 4.96. The monoisotopic (exact) mass is 212 g/mol. The topological polar surface area (TPSA) is 34.5 Å². The zero-order valence-electron chi connectivity index (χ0n) is 9.00. The quantitative estimate of drug-likeness (QED) is 0.733. The number of aliphatic imine (C=N–C) groups is 1. The smallest absolute Gasteiger partial charge is 0.119 e. The molecule has 0 spiro atoms. The fourth-order valence-electron chi connectivity index (χ4n) is 1.27. The van der Waals surface area contributed by atoms with Gasteiger partial charge in [0.15, 0.2) is 0 Å². The second kappa shape index (κ2) is 5.07. The molecule has 0 amide bonds. The lowest BCUT2D eigenvalue weighted by Gasteiger charge is -1.98. The van der Waals surface area contributed by atoms with E-state index in [9.17, 15) is 0 Å². The molecule has 2 aromatic rings. The Hall–Kier alpha value is -2.16. The van der Waals surface area contributed by atoms with E-state index in [1.54, 1.807) is 25.7 Å². The summed E-state index contributed by atoms with van der Waals surface area (Å²) in [5, 5.41) is 0. The zero-order valence-corrected chi connectivity index (χ0v) is 9.00. The summed E-state index contributed by atoms with van der Waals surface area (Å²) >= 11 is 0. The van der Waals surface area contributed by atoms with Crippen LogP contribution in [-0.4, -0.2) is 18.3 Å². The first-order chi connectivity index (χ1) is 7.88. The first-order valence-corrected chi connectivity index (χ1v) is 4.96. The van der Waals surface area contributed by atoms with Gasteiger partial charge in [-0.3, -0.25) is 9.98 Å². The van der Waals surface area contributed by atoms with Crippen LogP contribution in [0.4, 0.5) is 5.69 Å². The second-order valence-electron chi connectivity index (χ2n) is 3.24. The predicted molar refractivity (Wildman–Crippen MR) is 64.5 cm³/mol. The summed E-state index contributed by atoms with van der Waals surface area (Å²) in [6.07, 6.45) is 5.30. The Morgan fingerprint density at radius 3 is 2.62 bits per heavy atom. The Kier molecular flexibility index (Phi) is 3.28. The minimum absolute atomic E-state index is 0.834. The van der Waals surface area contributed by atoms with Gasteiger partial charge >= 0.3 is 0 Å². The van der Waals surface area contributed by atoms with Crippen molar-refractivity contribution in [3.05, 3.63) is 54.4 Å². The number of hydrogen-bond acceptors (Lipinski definition) is 3. The summed E-state index contributed by atoms with van der Waals surface area (Å²) < 4.78 is 5.07. The van der Waals surface area contributed by atoms with Crippen LogP contribution >= 0.6 is 0 Å². The van der Waals surface area contributed by atoms with Crippen molar-refractivity contribution in [1.82, 2.24) is 4.98 Å². The fourth-order valence-corrected chi connectivity index (χ4v) is 1.27. The lowest BCUT2D eigenvalue weighted by Crippen LogP contribution is -1.82. The SMILES string of the molecule is COc1ccc(N=Cc2cccnc2)cc1. The molecule has 0 aliphatic carbocycles. The van der Waals surface area contributed by atoms with Crippen LogP contribution in [0.3, 0.4) is 0 Å². The van der Waals surface area contributed by atoms with Crippen molar-refractivity contribution >= 4 is 11.9 Å². The van der Waals surface area contributed by atoms with Crippen LogP contribution in [0.15, 0.2) is 53.8 Å². The Morgan fingerprint density at radius 1 is 1.19 bits per heavy atom. The van der Waals surface area contributed by atoms with Crippen molar-refractivity contribution in [1.29, 1.82) is 0 Å². The number of ether oxygens (including phenoxy) is 1. The third-order valence-corrected chi connectivity index (χ3v) is 2.12. The Labute approximate surface area is 94.4 Å². The van der Waals surface area contributed by atoms with Gasteiger partial charge in [-0.1, -0.05) is 6.07 Å². The summed E-state index contributed by atoms with van der Waals surface area (Å²) in [6.45, 7) is 0. The van der Waals surface area contributed by atoms with Crippen LogP contribution in [0.1, 0.15) is 5.56 Å². The van der Waals surface area contributed by atoms with Crippen LogP contribution in [0.25, 0.3) is 0 Å². The molecule has 0 radical (unpaired) electrons. The normalized spacial score (nSPS) is 10.6. The molecule has 3 nitrogen and oxygen atoms in total. The number of methoxy groups -OCH3 is 1. The molecule has 0 aliphatic rings. The van der Waals surface area contributed by atoms with Gasteiger partial charge in [0.1, 0.15) is 5.75 Å². The molecule has 0 fully saturated rings. The van der Waals surface area contributed by atoms with Crippen molar-refractivity contribution in [2.45, 2.75) is 0 Å². The molecular weight excluding hydrogens is 200 g/mol. The van der Waals surface area contributed by atoms with E-state index in [1.165, 1.54) is 0 Å². The van der Waals surface area contributed by atoms with Gasteiger partial charge < -0.3 is 4.74 Å². The summed E-state index contributed by atoms with van der Waals surface area (Å²) in [4.78, 5) is 8.34. The molecule has 3 heteroatoms. The van der Waals surface area contributed by atoms with E-state index < -0.39 is 0 Å². The first kappa shape index (κ1) is 10.4. The predicted octanol–water partition coefficient (Wildman–Crippen LogP) is 2.84. The van der Waals surface area contributed by atoms with Crippen LogP contribution in [-0.2, 0) is 0 Å². The molecule has 0 atom stereocenters. The number of rotatable bonds is 3. The number of pyridine rings is 1. The van der Waals surface area contributed by atoms with Crippen molar-refractivity contribution in [2.24, 2.45) is 4.99 Å². The molecule has 2 rings (SSSR count). The van der Waals surface area contributed by atoms with Crippen molar-refractivity contribution in [2.75, 3.05) is 7.11 Å².